The van der Waals surface area contributed by atoms with Gasteiger partial charge in [-0.25, -0.2) is 0 Å². The minimum atomic E-state index is -4.39. The number of rotatable bonds is 3. The molecule has 0 spiro atoms. The van der Waals surface area contributed by atoms with E-state index in [2.05, 4.69) is 0 Å². The van der Waals surface area contributed by atoms with Crippen molar-refractivity contribution < 1.29 is 48.9 Å². The number of hydrogen-bond donors (Lipinski definition) is 2. The van der Waals surface area contributed by atoms with Gasteiger partial charge in [-0.15, -0.1) is 0 Å². The maximum Gasteiger partial charge on any atom is 1.00 e. The first-order valence-electron chi connectivity index (χ1n) is 3.38. The van der Waals surface area contributed by atoms with Gasteiger partial charge in [0.25, 0.3) is 5.69 Å². The molecule has 1 aromatic rings. The topological polar surface area (TPSA) is 110 Å². The number of nitro groups is 1. The molecular formula is C6H7N2NaO5S. The van der Waals surface area contributed by atoms with Crippen LogP contribution in [0, 0.1) is 10.1 Å². The van der Waals surface area contributed by atoms with Crippen LogP contribution in [0.2, 0.25) is 0 Å². The van der Waals surface area contributed by atoms with E-state index in [-0.39, 0.29) is 42.4 Å². The second-order valence-corrected chi connectivity index (χ2v) is 3.54. The monoisotopic (exact) mass is 242 g/mol. The van der Waals surface area contributed by atoms with Gasteiger partial charge in [0, 0.05) is 12.1 Å². The third-order valence-electron chi connectivity index (χ3n) is 1.30. The summed E-state index contributed by atoms with van der Waals surface area (Å²) in [6.07, 6.45) is 0. The molecule has 0 radical (unpaired) electrons. The van der Waals surface area contributed by atoms with Crippen LogP contribution in [-0.2, 0) is 10.3 Å². The van der Waals surface area contributed by atoms with Crippen molar-refractivity contribution >= 4 is 21.7 Å². The average Bonchev–Trinajstić information content (AvgIpc) is 2.01. The third-order valence-corrected chi connectivity index (χ3v) is 1.80. The van der Waals surface area contributed by atoms with E-state index in [0.29, 0.717) is 0 Å². The maximum absolute atomic E-state index is 10.4. The first-order chi connectivity index (χ1) is 6.38. The number of anilines is 1. The molecule has 15 heavy (non-hydrogen) atoms. The van der Waals surface area contributed by atoms with Crippen LogP contribution < -0.4 is 34.3 Å². The average molecular weight is 242 g/mol. The van der Waals surface area contributed by atoms with Crippen molar-refractivity contribution in [1.82, 2.24) is 0 Å². The van der Waals surface area contributed by atoms with Gasteiger partial charge in [-0.2, -0.15) is 8.42 Å². The zero-order valence-corrected chi connectivity index (χ0v) is 10.6. The Bertz CT molecular complexity index is 466. The summed E-state index contributed by atoms with van der Waals surface area (Å²) in [5.41, 5.74) is -0.333. The van der Waals surface area contributed by atoms with Crippen molar-refractivity contribution in [2.45, 2.75) is 0 Å². The molecule has 0 fully saturated rings. The molecule has 1 rings (SSSR count). The Morgan fingerprint density at radius 1 is 1.47 bits per heavy atom. The largest absolute Gasteiger partial charge is 1.00 e. The van der Waals surface area contributed by atoms with Crippen LogP contribution in [0.15, 0.2) is 24.3 Å². The molecule has 0 saturated carbocycles. The summed E-state index contributed by atoms with van der Waals surface area (Å²) in [6.45, 7) is 0. The zero-order chi connectivity index (χ0) is 10.8. The Morgan fingerprint density at radius 3 is 2.53 bits per heavy atom. The molecule has 1 aromatic carbocycles. The van der Waals surface area contributed by atoms with E-state index in [1.54, 1.807) is 4.72 Å². The van der Waals surface area contributed by atoms with E-state index in [0.717, 1.165) is 6.07 Å². The van der Waals surface area contributed by atoms with Gasteiger partial charge in [0.1, 0.15) is 0 Å². The number of hydrogen-bond acceptors (Lipinski definition) is 4. The van der Waals surface area contributed by atoms with E-state index in [1.807, 2.05) is 0 Å². The maximum atomic E-state index is 10.4. The molecule has 0 saturated heterocycles. The van der Waals surface area contributed by atoms with Crippen molar-refractivity contribution in [2.75, 3.05) is 4.72 Å². The van der Waals surface area contributed by atoms with Crippen molar-refractivity contribution in [3.63, 3.8) is 0 Å². The summed E-state index contributed by atoms with van der Waals surface area (Å²) in [7, 11) is -4.39. The van der Waals surface area contributed by atoms with Crippen molar-refractivity contribution in [2.24, 2.45) is 0 Å². The fraction of sp³-hybridized carbons (Fsp3) is 0. The number of nitro benzene ring substituents is 1. The van der Waals surface area contributed by atoms with Crippen LogP contribution in [0.5, 0.6) is 0 Å². The molecule has 0 atom stereocenters. The van der Waals surface area contributed by atoms with Gasteiger partial charge in [0.15, 0.2) is 0 Å². The van der Waals surface area contributed by atoms with Gasteiger partial charge in [0.2, 0.25) is 0 Å². The third kappa shape index (κ3) is 5.09. The molecular weight excluding hydrogens is 235 g/mol. The van der Waals surface area contributed by atoms with Gasteiger partial charge in [-0.3, -0.25) is 19.4 Å². The molecule has 0 aliphatic rings. The van der Waals surface area contributed by atoms with E-state index in [1.165, 1.54) is 18.2 Å². The predicted octanol–water partition coefficient (Wildman–Crippen LogP) is -2.07. The molecule has 0 aliphatic carbocycles. The van der Waals surface area contributed by atoms with Crippen LogP contribution in [0.1, 0.15) is 1.43 Å². The molecule has 78 valence electrons. The Hall–Kier alpha value is -0.670. The molecule has 2 N–H and O–H groups in total. The Kier molecular flexibility index (Phi) is 5.18. The summed E-state index contributed by atoms with van der Waals surface area (Å²) in [4.78, 5) is 9.61. The second-order valence-electron chi connectivity index (χ2n) is 2.38. The first kappa shape index (κ1) is 14.3. The Balaban J connectivity index is 0. The van der Waals surface area contributed by atoms with Crippen molar-refractivity contribution in [3.05, 3.63) is 34.4 Å². The molecule has 0 aromatic heterocycles. The van der Waals surface area contributed by atoms with Crippen molar-refractivity contribution in [1.29, 1.82) is 0 Å². The van der Waals surface area contributed by atoms with Gasteiger partial charge in [-0.05, 0) is 6.07 Å². The Labute approximate surface area is 109 Å². The van der Waals surface area contributed by atoms with Gasteiger partial charge >= 0.3 is 39.9 Å². The van der Waals surface area contributed by atoms with E-state index in [4.69, 9.17) is 4.55 Å². The summed E-state index contributed by atoms with van der Waals surface area (Å²) >= 11 is 0. The minimum Gasteiger partial charge on any atom is -1.00 e. The Morgan fingerprint density at radius 2 is 2.07 bits per heavy atom. The second kappa shape index (κ2) is 5.42. The van der Waals surface area contributed by atoms with Gasteiger partial charge < -0.3 is 1.43 Å². The first-order valence-corrected chi connectivity index (χ1v) is 4.82. The van der Waals surface area contributed by atoms with Crippen molar-refractivity contribution in [3.8, 4) is 0 Å². The fourth-order valence-electron chi connectivity index (χ4n) is 0.832. The SMILES string of the molecule is O=[N+]([O-])c1cccc(NS(=O)(=O)O)c1.[H-].[Na+]. The molecule has 9 heteroatoms. The fourth-order valence-corrected chi connectivity index (χ4v) is 1.26. The van der Waals surface area contributed by atoms with E-state index in [9.17, 15) is 18.5 Å². The normalized spacial score (nSPS) is 10.2. The van der Waals surface area contributed by atoms with Gasteiger partial charge in [0.05, 0.1) is 10.6 Å². The summed E-state index contributed by atoms with van der Waals surface area (Å²) in [5.74, 6) is 0. The quantitative estimate of drug-likeness (QED) is 0.274. The summed E-state index contributed by atoms with van der Waals surface area (Å²) < 4.78 is 30.8. The number of non-ortho nitro benzene ring substituents is 1. The van der Waals surface area contributed by atoms with Crippen LogP contribution >= 0.6 is 0 Å². The molecule has 0 aliphatic heterocycles. The molecule has 0 bridgehead atoms. The molecule has 0 unspecified atom stereocenters. The van der Waals surface area contributed by atoms with Crippen LogP contribution in [0.3, 0.4) is 0 Å². The zero-order valence-electron chi connectivity index (χ0n) is 8.75. The number of nitrogens with one attached hydrogen (secondary N) is 1. The van der Waals surface area contributed by atoms with E-state index < -0.39 is 15.2 Å². The smallest absolute Gasteiger partial charge is 1.00 e. The number of benzene rings is 1. The predicted molar refractivity (Wildman–Crippen MR) is 49.4 cm³/mol. The minimum absolute atomic E-state index is 0. The van der Waals surface area contributed by atoms with Crippen LogP contribution in [0.25, 0.3) is 0 Å². The van der Waals surface area contributed by atoms with Crippen LogP contribution in [0.4, 0.5) is 11.4 Å². The molecule has 0 amide bonds. The number of nitrogens with zero attached hydrogens (tertiary/aromatic N) is 1. The molecule has 7 nitrogen and oxygen atoms in total. The summed E-state index contributed by atoms with van der Waals surface area (Å²) in [5, 5.41) is 10.3. The van der Waals surface area contributed by atoms with Crippen LogP contribution in [-0.4, -0.2) is 17.9 Å². The van der Waals surface area contributed by atoms with E-state index >= 15 is 0 Å². The van der Waals surface area contributed by atoms with Gasteiger partial charge in [-0.1, -0.05) is 6.07 Å². The standard InChI is InChI=1S/C6H6N2O5S.Na.H/c9-8(10)6-3-1-2-5(4-6)7-14(11,12)13;;/h1-4,7H,(H,11,12,13);;/q;+1;-1. The summed E-state index contributed by atoms with van der Waals surface area (Å²) in [6, 6.07) is 4.77. The molecule has 0 heterocycles.